The number of imide groups is 1. The van der Waals surface area contributed by atoms with Gasteiger partial charge in [0.1, 0.15) is 12.4 Å². The lowest BCUT2D eigenvalue weighted by Gasteiger charge is -2.13. The zero-order chi connectivity index (χ0) is 15.2. The second-order valence-corrected chi connectivity index (χ2v) is 4.29. The van der Waals surface area contributed by atoms with Crippen molar-refractivity contribution >= 4 is 24.0 Å². The number of carbonyl (C=O) groups is 3. The minimum Gasteiger partial charge on any atom is -0.492 e. The molecule has 1 fully saturated rings. The number of amides is 3. The van der Waals surface area contributed by atoms with Gasteiger partial charge in [-0.3, -0.25) is 9.69 Å². The van der Waals surface area contributed by atoms with Gasteiger partial charge in [0.15, 0.2) is 0 Å². The monoisotopic (exact) mass is 290 g/mol. The average Bonchev–Trinajstić information content (AvgIpc) is 2.78. The maximum absolute atomic E-state index is 11.3. The van der Waals surface area contributed by atoms with Crippen LogP contribution in [0.15, 0.2) is 30.3 Å². The van der Waals surface area contributed by atoms with Crippen molar-refractivity contribution in [2.24, 2.45) is 0 Å². The van der Waals surface area contributed by atoms with Gasteiger partial charge in [-0.1, -0.05) is 12.1 Å². The van der Waals surface area contributed by atoms with Crippen molar-refractivity contribution in [2.75, 3.05) is 19.7 Å². The van der Waals surface area contributed by atoms with E-state index >= 15 is 0 Å². The van der Waals surface area contributed by atoms with Crippen LogP contribution in [0.3, 0.4) is 0 Å². The van der Waals surface area contributed by atoms with Crippen molar-refractivity contribution < 1.29 is 24.2 Å². The number of carbonyl (C=O) groups excluding carboxylic acids is 2. The first-order valence-electron chi connectivity index (χ1n) is 6.28. The number of carboxylic acid groups (broad SMARTS) is 1. The molecule has 21 heavy (non-hydrogen) atoms. The summed E-state index contributed by atoms with van der Waals surface area (Å²) in [5.74, 6) is -0.698. The van der Waals surface area contributed by atoms with E-state index in [4.69, 9.17) is 9.84 Å². The molecule has 110 valence electrons. The summed E-state index contributed by atoms with van der Waals surface area (Å²) in [4.78, 5) is 34.1. The molecule has 0 unspecified atom stereocenters. The maximum Gasteiger partial charge on any atom is 0.328 e. The summed E-state index contributed by atoms with van der Waals surface area (Å²) in [5.41, 5.74) is 0.735. The quantitative estimate of drug-likeness (QED) is 0.594. The Kier molecular flexibility index (Phi) is 4.55. The first-order chi connectivity index (χ1) is 10.1. The van der Waals surface area contributed by atoms with Gasteiger partial charge in [-0.25, -0.2) is 9.59 Å². The molecule has 0 spiro atoms. The molecule has 1 aliphatic heterocycles. The van der Waals surface area contributed by atoms with Gasteiger partial charge >= 0.3 is 12.0 Å². The predicted molar refractivity (Wildman–Crippen MR) is 73.7 cm³/mol. The Morgan fingerprint density at radius 3 is 2.62 bits per heavy atom. The number of rotatable bonds is 6. The van der Waals surface area contributed by atoms with Gasteiger partial charge in [-0.2, -0.15) is 0 Å². The number of hydrogen-bond acceptors (Lipinski definition) is 4. The number of carboxylic acids is 1. The van der Waals surface area contributed by atoms with E-state index in [9.17, 15) is 14.4 Å². The number of nitrogens with one attached hydrogen (secondary N) is 1. The SMILES string of the molecule is O=C(O)C=Cc1ccc(OCCN2C(=O)CNC2=O)cc1. The van der Waals surface area contributed by atoms with E-state index in [-0.39, 0.29) is 25.6 Å². The first kappa shape index (κ1) is 14.6. The molecule has 7 nitrogen and oxygen atoms in total. The van der Waals surface area contributed by atoms with Crippen molar-refractivity contribution in [3.8, 4) is 5.75 Å². The molecular formula is C14H14N2O5. The summed E-state index contributed by atoms with van der Waals surface area (Å²) in [7, 11) is 0. The smallest absolute Gasteiger partial charge is 0.328 e. The van der Waals surface area contributed by atoms with Crippen molar-refractivity contribution in [2.45, 2.75) is 0 Å². The van der Waals surface area contributed by atoms with Gasteiger partial charge in [0, 0.05) is 6.08 Å². The largest absolute Gasteiger partial charge is 0.492 e. The fourth-order valence-electron chi connectivity index (χ4n) is 1.78. The molecule has 0 atom stereocenters. The second-order valence-electron chi connectivity index (χ2n) is 4.29. The summed E-state index contributed by atoms with van der Waals surface area (Å²) in [6.45, 7) is 0.415. The standard InChI is InChI=1S/C14H14N2O5/c17-12-9-15-14(20)16(12)7-8-21-11-4-1-10(2-5-11)3-6-13(18)19/h1-6H,7-9H2,(H,15,20)(H,18,19). The lowest BCUT2D eigenvalue weighted by atomic mass is 10.2. The average molecular weight is 290 g/mol. The number of aliphatic carboxylic acids is 1. The van der Waals surface area contributed by atoms with Gasteiger partial charge in [-0.05, 0) is 23.8 Å². The number of nitrogens with zero attached hydrogens (tertiary/aromatic N) is 1. The summed E-state index contributed by atoms with van der Waals surface area (Å²) in [5, 5.41) is 10.9. The molecule has 7 heteroatoms. The minimum absolute atomic E-state index is 0.0312. The molecule has 2 rings (SSSR count). The van der Waals surface area contributed by atoms with Crippen LogP contribution in [0.2, 0.25) is 0 Å². The summed E-state index contributed by atoms with van der Waals surface area (Å²) >= 11 is 0. The summed E-state index contributed by atoms with van der Waals surface area (Å²) < 4.78 is 5.43. The first-order valence-corrected chi connectivity index (χ1v) is 6.28. The zero-order valence-corrected chi connectivity index (χ0v) is 11.1. The third kappa shape index (κ3) is 4.07. The fourth-order valence-corrected chi connectivity index (χ4v) is 1.78. The van der Waals surface area contributed by atoms with Crippen molar-refractivity contribution in [1.82, 2.24) is 10.2 Å². The van der Waals surface area contributed by atoms with Crippen LogP contribution in [0.5, 0.6) is 5.75 Å². The number of benzene rings is 1. The highest BCUT2D eigenvalue weighted by Gasteiger charge is 2.27. The second kappa shape index (κ2) is 6.56. The minimum atomic E-state index is -1.01. The molecule has 1 aromatic carbocycles. The molecular weight excluding hydrogens is 276 g/mol. The lowest BCUT2D eigenvalue weighted by molar-refractivity contribution is -0.131. The topological polar surface area (TPSA) is 95.9 Å². The predicted octanol–water partition coefficient (Wildman–Crippen LogP) is 0.715. The Labute approximate surface area is 120 Å². The Hall–Kier alpha value is -2.83. The lowest BCUT2D eigenvalue weighted by Crippen LogP contribution is -2.34. The van der Waals surface area contributed by atoms with E-state index in [0.29, 0.717) is 5.75 Å². The molecule has 1 heterocycles. The van der Waals surface area contributed by atoms with Gasteiger partial charge in [0.05, 0.1) is 13.1 Å². The highest BCUT2D eigenvalue weighted by atomic mass is 16.5. The van der Waals surface area contributed by atoms with Gasteiger partial charge in [0.25, 0.3) is 0 Å². The Morgan fingerprint density at radius 2 is 2.05 bits per heavy atom. The molecule has 0 bridgehead atoms. The molecule has 1 aromatic rings. The van der Waals surface area contributed by atoms with E-state index in [2.05, 4.69) is 5.32 Å². The Morgan fingerprint density at radius 1 is 1.33 bits per heavy atom. The van der Waals surface area contributed by atoms with E-state index in [1.165, 1.54) is 6.08 Å². The van der Waals surface area contributed by atoms with Crippen molar-refractivity contribution in [3.05, 3.63) is 35.9 Å². The fraction of sp³-hybridized carbons (Fsp3) is 0.214. The van der Waals surface area contributed by atoms with Crippen LogP contribution in [0.1, 0.15) is 5.56 Å². The van der Waals surface area contributed by atoms with Crippen molar-refractivity contribution in [3.63, 3.8) is 0 Å². The van der Waals surface area contributed by atoms with Crippen LogP contribution >= 0.6 is 0 Å². The molecule has 1 saturated heterocycles. The third-order valence-corrected chi connectivity index (χ3v) is 2.82. The summed E-state index contributed by atoms with van der Waals surface area (Å²) in [6.07, 6.45) is 2.52. The van der Waals surface area contributed by atoms with Crippen LogP contribution in [-0.2, 0) is 9.59 Å². The van der Waals surface area contributed by atoms with Gasteiger partial charge < -0.3 is 15.2 Å². The molecule has 0 radical (unpaired) electrons. The van der Waals surface area contributed by atoms with Crippen LogP contribution in [0.25, 0.3) is 6.08 Å². The van der Waals surface area contributed by atoms with Crippen LogP contribution in [-0.4, -0.2) is 47.6 Å². The van der Waals surface area contributed by atoms with E-state index in [1.807, 2.05) is 0 Å². The van der Waals surface area contributed by atoms with E-state index in [1.54, 1.807) is 24.3 Å². The zero-order valence-electron chi connectivity index (χ0n) is 11.1. The van der Waals surface area contributed by atoms with Gasteiger partial charge in [0.2, 0.25) is 5.91 Å². The number of hydrogen-bond donors (Lipinski definition) is 2. The normalized spacial score (nSPS) is 14.6. The Balaban J connectivity index is 1.82. The van der Waals surface area contributed by atoms with E-state index < -0.39 is 12.0 Å². The number of ether oxygens (including phenoxy) is 1. The van der Waals surface area contributed by atoms with Crippen LogP contribution in [0, 0.1) is 0 Å². The summed E-state index contributed by atoms with van der Waals surface area (Å²) in [6, 6.07) is 6.39. The third-order valence-electron chi connectivity index (χ3n) is 2.82. The van der Waals surface area contributed by atoms with Crippen LogP contribution < -0.4 is 10.1 Å². The molecule has 1 aliphatic rings. The van der Waals surface area contributed by atoms with Crippen molar-refractivity contribution in [1.29, 1.82) is 0 Å². The van der Waals surface area contributed by atoms with E-state index in [0.717, 1.165) is 16.5 Å². The highest BCUT2D eigenvalue weighted by Crippen LogP contribution is 2.13. The Bertz CT molecular complexity index is 564. The maximum atomic E-state index is 11.3. The molecule has 0 saturated carbocycles. The molecule has 0 aromatic heterocycles. The van der Waals surface area contributed by atoms with Crippen LogP contribution in [0.4, 0.5) is 4.79 Å². The molecule has 0 aliphatic carbocycles. The van der Waals surface area contributed by atoms with Gasteiger partial charge in [-0.15, -0.1) is 0 Å². The molecule has 3 amide bonds. The number of urea groups is 1. The molecule has 2 N–H and O–H groups in total. The highest BCUT2D eigenvalue weighted by molar-refractivity contribution is 6.01.